The van der Waals surface area contributed by atoms with E-state index in [-0.39, 0.29) is 0 Å². The van der Waals surface area contributed by atoms with Crippen LogP contribution in [0.5, 0.6) is 0 Å². The fourth-order valence-electron chi connectivity index (χ4n) is 1.23. The van der Waals surface area contributed by atoms with Crippen LogP contribution in [0, 0.1) is 0 Å². The first-order valence-corrected chi connectivity index (χ1v) is 5.55. The summed E-state index contributed by atoms with van der Waals surface area (Å²) in [7, 11) is 0. The van der Waals surface area contributed by atoms with Gasteiger partial charge in [0.25, 0.3) is 0 Å². The summed E-state index contributed by atoms with van der Waals surface area (Å²) in [4.78, 5) is 4.32. The van der Waals surface area contributed by atoms with Crippen molar-refractivity contribution in [1.82, 2.24) is 0 Å². The van der Waals surface area contributed by atoms with Crippen molar-refractivity contribution in [3.05, 3.63) is 64.1 Å². The van der Waals surface area contributed by atoms with Gasteiger partial charge in [0.15, 0.2) is 0 Å². The van der Waals surface area contributed by atoms with Crippen molar-refractivity contribution in [2.45, 2.75) is 0 Å². The Labute approximate surface area is 104 Å². The second-order valence-electron chi connectivity index (χ2n) is 3.29. The highest BCUT2D eigenvalue weighted by molar-refractivity contribution is 6.30. The molecule has 0 N–H and O–H groups in total. The minimum Gasteiger partial charge on any atom is -0.256 e. The van der Waals surface area contributed by atoms with Gasteiger partial charge in [-0.3, -0.25) is 4.99 Å². The zero-order valence-electron chi connectivity index (χ0n) is 8.40. The topological polar surface area (TPSA) is 12.4 Å². The first-order valence-electron chi connectivity index (χ1n) is 4.79. The molecule has 0 saturated carbocycles. The fraction of sp³-hybridized carbons (Fsp3) is 0. The van der Waals surface area contributed by atoms with Crippen molar-refractivity contribution in [1.29, 1.82) is 0 Å². The molecule has 0 fully saturated rings. The summed E-state index contributed by atoms with van der Waals surface area (Å²) in [6, 6.07) is 14.9. The summed E-state index contributed by atoms with van der Waals surface area (Å²) < 4.78 is 0. The molecular weight excluding hydrogens is 241 g/mol. The van der Waals surface area contributed by atoms with Gasteiger partial charge >= 0.3 is 0 Å². The molecule has 0 atom stereocenters. The van der Waals surface area contributed by atoms with Crippen LogP contribution >= 0.6 is 23.2 Å². The van der Waals surface area contributed by atoms with Crippen molar-refractivity contribution in [3.63, 3.8) is 0 Å². The maximum atomic E-state index is 5.79. The van der Waals surface area contributed by atoms with Gasteiger partial charge in [-0.15, -0.1) is 0 Å². The van der Waals surface area contributed by atoms with Crippen molar-refractivity contribution >= 4 is 35.1 Å². The van der Waals surface area contributed by atoms with E-state index in [1.54, 1.807) is 6.21 Å². The van der Waals surface area contributed by atoms with E-state index in [1.165, 1.54) is 0 Å². The predicted molar refractivity (Wildman–Crippen MR) is 70.2 cm³/mol. The van der Waals surface area contributed by atoms with E-state index in [4.69, 9.17) is 23.2 Å². The van der Waals surface area contributed by atoms with Crippen LogP contribution in [0.25, 0.3) is 0 Å². The van der Waals surface area contributed by atoms with E-state index in [0.29, 0.717) is 5.02 Å². The Hall–Kier alpha value is -1.31. The Bertz CT molecular complexity index is 439. The van der Waals surface area contributed by atoms with Gasteiger partial charge in [-0.25, -0.2) is 0 Å². The molecule has 0 heterocycles. The smallest absolute Gasteiger partial charge is 0.0630 e. The van der Waals surface area contributed by atoms with Crippen LogP contribution in [-0.4, -0.2) is 6.21 Å². The van der Waals surface area contributed by atoms with Crippen LogP contribution in [0.3, 0.4) is 0 Å². The second kappa shape index (κ2) is 5.15. The number of rotatable bonds is 2. The standard InChI is InChI=1S/C13H9Cl2N/c14-11-3-1-10(2-4-11)9-16-13-7-5-12(15)6-8-13/h1-9H/b16-9+. The van der Waals surface area contributed by atoms with Crippen LogP contribution in [0.1, 0.15) is 5.56 Å². The van der Waals surface area contributed by atoms with Gasteiger partial charge in [0.05, 0.1) is 5.69 Å². The monoisotopic (exact) mass is 249 g/mol. The molecule has 0 unspecified atom stereocenters. The normalized spacial score (nSPS) is 10.9. The summed E-state index contributed by atoms with van der Waals surface area (Å²) in [5.41, 5.74) is 1.89. The van der Waals surface area contributed by atoms with Crippen LogP contribution < -0.4 is 0 Å². The van der Waals surface area contributed by atoms with Gasteiger partial charge in [-0.2, -0.15) is 0 Å². The van der Waals surface area contributed by atoms with Crippen LogP contribution in [0.2, 0.25) is 10.0 Å². The quantitative estimate of drug-likeness (QED) is 0.682. The average Bonchev–Trinajstić information content (AvgIpc) is 2.30. The Balaban J connectivity index is 2.15. The Kier molecular flexibility index (Phi) is 3.60. The number of hydrogen-bond acceptors (Lipinski definition) is 1. The summed E-state index contributed by atoms with van der Waals surface area (Å²) in [5.74, 6) is 0. The van der Waals surface area contributed by atoms with Gasteiger partial charge in [0.1, 0.15) is 0 Å². The lowest BCUT2D eigenvalue weighted by atomic mass is 10.2. The van der Waals surface area contributed by atoms with E-state index in [1.807, 2.05) is 48.5 Å². The van der Waals surface area contributed by atoms with Crippen LogP contribution in [-0.2, 0) is 0 Å². The number of benzene rings is 2. The molecule has 0 aliphatic heterocycles. The molecule has 0 bridgehead atoms. The van der Waals surface area contributed by atoms with E-state index in [9.17, 15) is 0 Å². The highest BCUT2D eigenvalue weighted by atomic mass is 35.5. The first-order chi connectivity index (χ1) is 7.74. The molecule has 0 saturated heterocycles. The van der Waals surface area contributed by atoms with Crippen LogP contribution in [0.15, 0.2) is 53.5 Å². The third kappa shape index (κ3) is 3.09. The lowest BCUT2D eigenvalue weighted by Crippen LogP contribution is -1.78. The molecule has 1 nitrogen and oxygen atoms in total. The number of nitrogens with zero attached hydrogens (tertiary/aromatic N) is 1. The lowest BCUT2D eigenvalue weighted by molar-refractivity contribution is 1.52. The highest BCUT2D eigenvalue weighted by Crippen LogP contribution is 2.16. The van der Waals surface area contributed by atoms with E-state index >= 15 is 0 Å². The molecule has 2 rings (SSSR count). The van der Waals surface area contributed by atoms with Crippen LogP contribution in [0.4, 0.5) is 5.69 Å². The zero-order chi connectivity index (χ0) is 11.4. The van der Waals surface area contributed by atoms with Gasteiger partial charge in [0, 0.05) is 16.3 Å². The lowest BCUT2D eigenvalue weighted by Gasteiger charge is -1.95. The zero-order valence-corrected chi connectivity index (χ0v) is 9.91. The molecule has 2 aromatic rings. The Morgan fingerprint density at radius 2 is 1.25 bits per heavy atom. The molecular formula is C13H9Cl2N. The van der Waals surface area contributed by atoms with Gasteiger partial charge in [0.2, 0.25) is 0 Å². The van der Waals surface area contributed by atoms with E-state index in [2.05, 4.69) is 4.99 Å². The summed E-state index contributed by atoms with van der Waals surface area (Å²) in [5, 5.41) is 1.44. The number of hydrogen-bond donors (Lipinski definition) is 0. The fourth-order valence-corrected chi connectivity index (χ4v) is 1.48. The van der Waals surface area contributed by atoms with Crippen molar-refractivity contribution in [2.24, 2.45) is 4.99 Å². The summed E-state index contributed by atoms with van der Waals surface area (Å²) >= 11 is 11.6. The third-order valence-corrected chi connectivity index (χ3v) is 2.56. The van der Waals surface area contributed by atoms with Gasteiger partial charge in [-0.1, -0.05) is 35.3 Å². The third-order valence-electron chi connectivity index (χ3n) is 2.06. The van der Waals surface area contributed by atoms with E-state index < -0.39 is 0 Å². The number of halogens is 2. The molecule has 2 aromatic carbocycles. The number of aliphatic imine (C=N–C) groups is 1. The predicted octanol–water partition coefficient (Wildman–Crippen LogP) is 4.74. The molecule has 3 heteroatoms. The molecule has 16 heavy (non-hydrogen) atoms. The first kappa shape index (κ1) is 11.2. The Morgan fingerprint density at radius 3 is 1.81 bits per heavy atom. The van der Waals surface area contributed by atoms with Gasteiger partial charge < -0.3 is 0 Å². The average molecular weight is 250 g/mol. The molecule has 80 valence electrons. The van der Waals surface area contributed by atoms with E-state index in [0.717, 1.165) is 16.3 Å². The molecule has 0 amide bonds. The maximum Gasteiger partial charge on any atom is 0.0630 e. The molecule has 0 radical (unpaired) electrons. The SMILES string of the molecule is Clc1ccc(/C=N/c2ccc(Cl)cc2)cc1. The van der Waals surface area contributed by atoms with Crippen molar-refractivity contribution in [2.75, 3.05) is 0 Å². The molecule has 0 aliphatic rings. The molecule has 0 spiro atoms. The molecule has 0 aliphatic carbocycles. The molecule has 0 aromatic heterocycles. The van der Waals surface area contributed by atoms with Crippen molar-refractivity contribution in [3.8, 4) is 0 Å². The Morgan fingerprint density at radius 1 is 0.750 bits per heavy atom. The summed E-state index contributed by atoms with van der Waals surface area (Å²) in [6.45, 7) is 0. The minimum absolute atomic E-state index is 0.713. The minimum atomic E-state index is 0.713. The highest BCUT2D eigenvalue weighted by Gasteiger charge is 1.90. The maximum absolute atomic E-state index is 5.79. The second-order valence-corrected chi connectivity index (χ2v) is 4.16. The van der Waals surface area contributed by atoms with Gasteiger partial charge in [-0.05, 0) is 42.0 Å². The van der Waals surface area contributed by atoms with Crippen molar-refractivity contribution < 1.29 is 0 Å². The summed E-state index contributed by atoms with van der Waals surface area (Å²) in [6.07, 6.45) is 1.79. The largest absolute Gasteiger partial charge is 0.256 e.